The first-order chi connectivity index (χ1) is 13.0. The van der Waals surface area contributed by atoms with Crippen molar-refractivity contribution in [2.45, 2.75) is 31.1 Å². The van der Waals surface area contributed by atoms with Gasteiger partial charge in [-0.25, -0.2) is 0 Å². The second kappa shape index (κ2) is 6.98. The molecule has 0 bridgehead atoms. The Kier molecular flexibility index (Phi) is 4.65. The Morgan fingerprint density at radius 3 is 2.70 bits per heavy atom. The largest absolute Gasteiger partial charge is 0.416 e. The molecule has 0 unspecified atom stereocenters. The number of ether oxygens (including phenoxy) is 1. The second-order valence-corrected chi connectivity index (χ2v) is 6.92. The molecular formula is C20H20F3N3O. The molecule has 7 heteroatoms. The molecule has 0 amide bonds. The molecule has 0 saturated carbocycles. The lowest BCUT2D eigenvalue weighted by molar-refractivity contribution is -0.137. The molecule has 1 aliphatic heterocycles. The lowest BCUT2D eigenvalue weighted by Gasteiger charge is -2.39. The summed E-state index contributed by atoms with van der Waals surface area (Å²) in [6, 6.07) is 11.6. The van der Waals surface area contributed by atoms with Gasteiger partial charge in [-0.1, -0.05) is 24.3 Å². The molecule has 1 aromatic heterocycles. The van der Waals surface area contributed by atoms with E-state index in [4.69, 9.17) is 4.74 Å². The highest BCUT2D eigenvalue weighted by Crippen LogP contribution is 2.36. The van der Waals surface area contributed by atoms with Crippen molar-refractivity contribution in [3.8, 4) is 0 Å². The number of aromatic amines is 1. The van der Waals surface area contributed by atoms with Gasteiger partial charge in [0.25, 0.3) is 0 Å². The average Bonchev–Trinajstić information content (AvgIpc) is 3.14. The maximum absolute atomic E-state index is 13.2. The Labute approximate surface area is 154 Å². The molecule has 1 fully saturated rings. The summed E-state index contributed by atoms with van der Waals surface area (Å²) in [5.74, 6) is 0. The van der Waals surface area contributed by atoms with Crippen molar-refractivity contribution in [3.63, 3.8) is 0 Å². The average molecular weight is 375 g/mol. The smallest absolute Gasteiger partial charge is 0.381 e. The van der Waals surface area contributed by atoms with Crippen LogP contribution in [0.25, 0.3) is 10.9 Å². The van der Waals surface area contributed by atoms with Crippen LogP contribution in [0, 0.1) is 0 Å². The van der Waals surface area contributed by atoms with Crippen LogP contribution in [0.5, 0.6) is 0 Å². The minimum absolute atomic E-state index is 0.517. The van der Waals surface area contributed by atoms with Crippen LogP contribution < -0.4 is 5.32 Å². The summed E-state index contributed by atoms with van der Waals surface area (Å²) in [6.07, 6.45) is -1.34. The topological polar surface area (TPSA) is 49.9 Å². The van der Waals surface area contributed by atoms with E-state index >= 15 is 0 Å². The predicted octanol–water partition coefficient (Wildman–Crippen LogP) is 4.38. The third kappa shape index (κ3) is 3.70. The molecule has 3 aromatic rings. The minimum Gasteiger partial charge on any atom is -0.381 e. The third-order valence-corrected chi connectivity index (χ3v) is 5.23. The molecule has 0 aliphatic carbocycles. The quantitative estimate of drug-likeness (QED) is 0.712. The van der Waals surface area contributed by atoms with E-state index in [1.165, 1.54) is 12.1 Å². The van der Waals surface area contributed by atoms with Gasteiger partial charge < -0.3 is 10.1 Å². The Hall–Kier alpha value is -2.38. The summed E-state index contributed by atoms with van der Waals surface area (Å²) >= 11 is 0. The highest BCUT2D eigenvalue weighted by atomic mass is 19.4. The predicted molar refractivity (Wildman–Crippen MR) is 96.1 cm³/mol. The van der Waals surface area contributed by atoms with Crippen LogP contribution in [0.15, 0.2) is 48.7 Å². The Balaban J connectivity index is 1.62. The highest BCUT2D eigenvalue weighted by Gasteiger charge is 2.37. The molecule has 2 aromatic carbocycles. The Morgan fingerprint density at radius 2 is 1.93 bits per heavy atom. The molecular weight excluding hydrogens is 355 g/mol. The van der Waals surface area contributed by atoms with E-state index in [1.807, 2.05) is 18.2 Å². The van der Waals surface area contributed by atoms with Gasteiger partial charge in [-0.2, -0.15) is 18.3 Å². The van der Waals surface area contributed by atoms with Crippen LogP contribution >= 0.6 is 0 Å². The summed E-state index contributed by atoms with van der Waals surface area (Å²) in [5.41, 5.74) is 1.48. The number of benzene rings is 2. The van der Waals surface area contributed by atoms with E-state index in [1.54, 1.807) is 12.3 Å². The minimum atomic E-state index is -4.35. The van der Waals surface area contributed by atoms with Crippen molar-refractivity contribution in [2.24, 2.45) is 0 Å². The van der Waals surface area contributed by atoms with Gasteiger partial charge in [0.05, 0.1) is 17.3 Å². The standard InChI is InChI=1S/C20H20F3N3O/c21-20(22,23)17-3-1-2-16(11-17)19(6-8-27-9-7-19)24-12-14-4-5-15-13-25-26-18(15)10-14/h1-5,10-11,13,24H,6-9,12H2,(H,25,26). The number of nitrogens with one attached hydrogen (secondary N) is 2. The summed E-state index contributed by atoms with van der Waals surface area (Å²) in [4.78, 5) is 0. The molecule has 1 saturated heterocycles. The van der Waals surface area contributed by atoms with E-state index in [2.05, 4.69) is 15.5 Å². The van der Waals surface area contributed by atoms with Crippen molar-refractivity contribution in [1.29, 1.82) is 0 Å². The van der Waals surface area contributed by atoms with Crippen LogP contribution in [0.1, 0.15) is 29.5 Å². The Morgan fingerprint density at radius 1 is 1.11 bits per heavy atom. The number of rotatable bonds is 4. The van der Waals surface area contributed by atoms with Crippen molar-refractivity contribution in [1.82, 2.24) is 15.5 Å². The first-order valence-electron chi connectivity index (χ1n) is 8.89. The molecule has 4 rings (SSSR count). The number of fused-ring (bicyclic) bond motifs is 1. The van der Waals surface area contributed by atoms with E-state index < -0.39 is 17.3 Å². The molecule has 2 heterocycles. The van der Waals surface area contributed by atoms with Gasteiger partial charge in [0.1, 0.15) is 0 Å². The fraction of sp³-hybridized carbons (Fsp3) is 0.350. The number of hydrogen-bond donors (Lipinski definition) is 2. The van der Waals surface area contributed by atoms with Crippen molar-refractivity contribution in [2.75, 3.05) is 13.2 Å². The fourth-order valence-corrected chi connectivity index (χ4v) is 3.65. The van der Waals surface area contributed by atoms with Crippen LogP contribution in [0.4, 0.5) is 13.2 Å². The molecule has 142 valence electrons. The lowest BCUT2D eigenvalue weighted by Crippen LogP contribution is -2.46. The van der Waals surface area contributed by atoms with Gasteiger partial charge in [-0.05, 0) is 42.2 Å². The zero-order valence-electron chi connectivity index (χ0n) is 14.6. The van der Waals surface area contributed by atoms with Crippen molar-refractivity contribution in [3.05, 3.63) is 65.4 Å². The number of halogens is 3. The van der Waals surface area contributed by atoms with Gasteiger partial charge in [0, 0.05) is 30.7 Å². The molecule has 0 atom stereocenters. The summed E-state index contributed by atoms with van der Waals surface area (Å²) < 4.78 is 45.0. The van der Waals surface area contributed by atoms with Gasteiger partial charge in [-0.15, -0.1) is 0 Å². The maximum Gasteiger partial charge on any atom is 0.416 e. The first-order valence-corrected chi connectivity index (χ1v) is 8.89. The number of alkyl halides is 3. The molecule has 1 aliphatic rings. The third-order valence-electron chi connectivity index (χ3n) is 5.23. The lowest BCUT2D eigenvalue weighted by atomic mass is 9.81. The fourth-order valence-electron chi connectivity index (χ4n) is 3.65. The first kappa shape index (κ1) is 18.0. The van der Waals surface area contributed by atoms with Gasteiger partial charge >= 0.3 is 6.18 Å². The second-order valence-electron chi connectivity index (χ2n) is 6.92. The summed E-state index contributed by atoms with van der Waals surface area (Å²) in [6.45, 7) is 1.58. The highest BCUT2D eigenvalue weighted by molar-refractivity contribution is 5.78. The van der Waals surface area contributed by atoms with Gasteiger partial charge in [0.2, 0.25) is 0 Å². The number of nitrogens with zero attached hydrogens (tertiary/aromatic N) is 1. The molecule has 0 spiro atoms. The van der Waals surface area contributed by atoms with Crippen LogP contribution in [-0.2, 0) is 23.0 Å². The zero-order chi connectivity index (χ0) is 18.9. The Bertz CT molecular complexity index is 929. The van der Waals surface area contributed by atoms with Crippen LogP contribution in [0.3, 0.4) is 0 Å². The monoisotopic (exact) mass is 375 g/mol. The van der Waals surface area contributed by atoms with Crippen LogP contribution in [-0.4, -0.2) is 23.4 Å². The maximum atomic E-state index is 13.2. The molecule has 4 nitrogen and oxygen atoms in total. The summed E-state index contributed by atoms with van der Waals surface area (Å²) in [5, 5.41) is 11.5. The van der Waals surface area contributed by atoms with Gasteiger partial charge in [0.15, 0.2) is 0 Å². The number of hydrogen-bond acceptors (Lipinski definition) is 3. The van der Waals surface area contributed by atoms with E-state index in [0.717, 1.165) is 22.5 Å². The van der Waals surface area contributed by atoms with E-state index in [-0.39, 0.29) is 0 Å². The number of H-pyrrole nitrogens is 1. The van der Waals surface area contributed by atoms with E-state index in [0.29, 0.717) is 38.2 Å². The van der Waals surface area contributed by atoms with E-state index in [9.17, 15) is 13.2 Å². The normalized spacial score (nSPS) is 17.3. The molecule has 0 radical (unpaired) electrons. The molecule has 27 heavy (non-hydrogen) atoms. The van der Waals surface area contributed by atoms with Crippen LogP contribution in [0.2, 0.25) is 0 Å². The zero-order valence-corrected chi connectivity index (χ0v) is 14.6. The van der Waals surface area contributed by atoms with Gasteiger partial charge in [-0.3, -0.25) is 5.10 Å². The molecule has 2 N–H and O–H groups in total. The SMILES string of the molecule is FC(F)(F)c1cccc(C2(NCc3ccc4cn[nH]c4c3)CCOCC2)c1. The van der Waals surface area contributed by atoms with Crippen molar-refractivity contribution >= 4 is 10.9 Å². The summed E-state index contributed by atoms with van der Waals surface area (Å²) in [7, 11) is 0. The van der Waals surface area contributed by atoms with Crippen molar-refractivity contribution < 1.29 is 17.9 Å². The number of aromatic nitrogens is 2.